The van der Waals surface area contributed by atoms with Crippen LogP contribution in [-0.2, 0) is 6.54 Å². The Balaban J connectivity index is 2.04. The smallest absolute Gasteiger partial charge is 0.0816 e. The number of thiocarbonyl (C=S) groups is 1. The van der Waals surface area contributed by atoms with Crippen molar-refractivity contribution in [2.75, 3.05) is 13.6 Å². The minimum absolute atomic E-state index is 0.0767. The van der Waals surface area contributed by atoms with Crippen LogP contribution in [0.4, 0.5) is 0 Å². The van der Waals surface area contributed by atoms with E-state index in [-0.39, 0.29) is 5.92 Å². The molecule has 1 atom stereocenters. The lowest BCUT2D eigenvalue weighted by Crippen LogP contribution is -2.31. The number of benzene rings is 1. The molecule has 0 fully saturated rings. The molecule has 20 heavy (non-hydrogen) atoms. The van der Waals surface area contributed by atoms with E-state index in [0.717, 1.165) is 18.7 Å². The number of hydrogen-bond donors (Lipinski definition) is 1. The zero-order chi connectivity index (χ0) is 14.4. The van der Waals surface area contributed by atoms with E-state index >= 15 is 0 Å². The molecule has 1 unspecified atom stereocenters. The Morgan fingerprint density at radius 3 is 2.60 bits per heavy atom. The summed E-state index contributed by atoms with van der Waals surface area (Å²) < 4.78 is 0. The average Bonchev–Trinajstić information content (AvgIpc) is 2.46. The predicted octanol–water partition coefficient (Wildman–Crippen LogP) is 2.58. The molecular weight excluding hydrogens is 266 g/mol. The quantitative estimate of drug-likeness (QED) is 0.828. The zero-order valence-electron chi connectivity index (χ0n) is 11.6. The lowest BCUT2D eigenvalue weighted by Gasteiger charge is -2.23. The molecule has 0 aliphatic heterocycles. The summed E-state index contributed by atoms with van der Waals surface area (Å²) in [5, 5.41) is 0. The fraction of sp³-hybridized carbons (Fsp3) is 0.250. The Labute approximate surface area is 125 Å². The largest absolute Gasteiger partial charge is 0.393 e. The maximum absolute atomic E-state index is 5.90. The van der Waals surface area contributed by atoms with Gasteiger partial charge in [0.25, 0.3) is 0 Å². The van der Waals surface area contributed by atoms with Crippen LogP contribution in [0.15, 0.2) is 54.9 Å². The first kappa shape index (κ1) is 14.6. The van der Waals surface area contributed by atoms with Gasteiger partial charge in [-0.3, -0.25) is 4.98 Å². The van der Waals surface area contributed by atoms with Crippen LogP contribution in [-0.4, -0.2) is 28.5 Å². The molecule has 3 nitrogen and oxygen atoms in total. The second-order valence-corrected chi connectivity index (χ2v) is 5.40. The molecule has 0 saturated heterocycles. The predicted molar refractivity (Wildman–Crippen MR) is 86.5 cm³/mol. The second kappa shape index (κ2) is 7.12. The summed E-state index contributed by atoms with van der Waals surface area (Å²) in [5.41, 5.74) is 8.25. The molecule has 0 amide bonds. The van der Waals surface area contributed by atoms with Crippen LogP contribution in [0.25, 0.3) is 0 Å². The average molecular weight is 285 g/mol. The van der Waals surface area contributed by atoms with E-state index in [0.29, 0.717) is 4.99 Å². The number of pyridine rings is 1. The van der Waals surface area contributed by atoms with Crippen LogP contribution in [0.3, 0.4) is 0 Å². The van der Waals surface area contributed by atoms with Crippen molar-refractivity contribution < 1.29 is 0 Å². The van der Waals surface area contributed by atoms with Gasteiger partial charge in [-0.15, -0.1) is 0 Å². The fourth-order valence-corrected chi connectivity index (χ4v) is 2.44. The maximum Gasteiger partial charge on any atom is 0.0816 e. The van der Waals surface area contributed by atoms with Crippen molar-refractivity contribution in [2.24, 2.45) is 5.73 Å². The normalized spacial score (nSPS) is 12.3. The molecule has 0 bridgehead atoms. The van der Waals surface area contributed by atoms with E-state index in [1.165, 1.54) is 5.56 Å². The number of likely N-dealkylation sites (N-methyl/N-ethyl adjacent to an activating group) is 1. The standard InChI is InChI=1S/C16H19N3S/c1-19(11-13-6-5-9-18-10-13)12-15(16(17)20)14-7-3-2-4-8-14/h2-10,15H,11-12H2,1H3,(H2,17,20). The van der Waals surface area contributed by atoms with Crippen molar-refractivity contribution in [2.45, 2.75) is 12.5 Å². The molecule has 1 aromatic carbocycles. The summed E-state index contributed by atoms with van der Waals surface area (Å²) in [6.07, 6.45) is 3.67. The minimum atomic E-state index is 0.0767. The van der Waals surface area contributed by atoms with Gasteiger partial charge in [-0.25, -0.2) is 0 Å². The molecule has 1 aromatic heterocycles. The summed E-state index contributed by atoms with van der Waals surface area (Å²) >= 11 is 5.22. The van der Waals surface area contributed by atoms with Crippen molar-refractivity contribution in [3.63, 3.8) is 0 Å². The Hall–Kier alpha value is -1.78. The van der Waals surface area contributed by atoms with E-state index < -0.39 is 0 Å². The summed E-state index contributed by atoms with van der Waals surface area (Å²) in [5.74, 6) is 0.0767. The van der Waals surface area contributed by atoms with Crippen molar-refractivity contribution >= 4 is 17.2 Å². The SMILES string of the molecule is CN(Cc1cccnc1)CC(C(N)=S)c1ccccc1. The molecule has 0 radical (unpaired) electrons. The highest BCUT2D eigenvalue weighted by Gasteiger charge is 2.16. The molecule has 1 heterocycles. The molecule has 104 valence electrons. The monoisotopic (exact) mass is 285 g/mol. The Morgan fingerprint density at radius 1 is 1.25 bits per heavy atom. The van der Waals surface area contributed by atoms with E-state index in [1.54, 1.807) is 6.20 Å². The van der Waals surface area contributed by atoms with E-state index in [2.05, 4.69) is 35.1 Å². The van der Waals surface area contributed by atoms with E-state index in [4.69, 9.17) is 18.0 Å². The van der Waals surface area contributed by atoms with Gasteiger partial charge in [-0.2, -0.15) is 0 Å². The first-order valence-corrected chi connectivity index (χ1v) is 6.99. The number of nitrogens with zero attached hydrogens (tertiary/aromatic N) is 2. The lowest BCUT2D eigenvalue weighted by molar-refractivity contribution is 0.323. The van der Waals surface area contributed by atoms with Crippen LogP contribution in [0.2, 0.25) is 0 Å². The highest BCUT2D eigenvalue weighted by atomic mass is 32.1. The fourth-order valence-electron chi connectivity index (χ4n) is 2.22. The third-order valence-electron chi connectivity index (χ3n) is 3.21. The first-order valence-electron chi connectivity index (χ1n) is 6.58. The van der Waals surface area contributed by atoms with Gasteiger partial charge < -0.3 is 10.6 Å². The van der Waals surface area contributed by atoms with Gasteiger partial charge in [0.1, 0.15) is 0 Å². The Bertz CT molecular complexity index is 542. The molecule has 2 N–H and O–H groups in total. The van der Waals surface area contributed by atoms with Gasteiger partial charge in [0.15, 0.2) is 0 Å². The van der Waals surface area contributed by atoms with Crippen molar-refractivity contribution in [1.82, 2.24) is 9.88 Å². The van der Waals surface area contributed by atoms with Crippen molar-refractivity contribution in [3.05, 3.63) is 66.0 Å². The van der Waals surface area contributed by atoms with Gasteiger partial charge in [0, 0.05) is 31.4 Å². The number of hydrogen-bond acceptors (Lipinski definition) is 3. The highest BCUT2D eigenvalue weighted by molar-refractivity contribution is 7.80. The topological polar surface area (TPSA) is 42.2 Å². The zero-order valence-corrected chi connectivity index (χ0v) is 12.4. The van der Waals surface area contributed by atoms with Gasteiger partial charge >= 0.3 is 0 Å². The number of rotatable bonds is 6. The highest BCUT2D eigenvalue weighted by Crippen LogP contribution is 2.18. The van der Waals surface area contributed by atoms with Crippen LogP contribution in [0.1, 0.15) is 17.0 Å². The number of aromatic nitrogens is 1. The van der Waals surface area contributed by atoms with Gasteiger partial charge in [0.2, 0.25) is 0 Å². The molecule has 0 spiro atoms. The Kier molecular flexibility index (Phi) is 5.21. The summed E-state index contributed by atoms with van der Waals surface area (Å²) in [6.45, 7) is 1.63. The van der Waals surface area contributed by atoms with Crippen LogP contribution in [0.5, 0.6) is 0 Å². The molecule has 4 heteroatoms. The van der Waals surface area contributed by atoms with Crippen molar-refractivity contribution in [1.29, 1.82) is 0 Å². The number of nitrogens with two attached hydrogens (primary N) is 1. The van der Waals surface area contributed by atoms with E-state index in [1.807, 2.05) is 30.5 Å². The van der Waals surface area contributed by atoms with Crippen LogP contribution >= 0.6 is 12.2 Å². The second-order valence-electron chi connectivity index (χ2n) is 4.92. The van der Waals surface area contributed by atoms with Gasteiger partial charge in [0.05, 0.1) is 4.99 Å². The first-order chi connectivity index (χ1) is 9.66. The molecule has 0 aliphatic carbocycles. The molecule has 2 aromatic rings. The lowest BCUT2D eigenvalue weighted by atomic mass is 9.98. The molecule has 2 rings (SSSR count). The van der Waals surface area contributed by atoms with Crippen molar-refractivity contribution in [3.8, 4) is 0 Å². The summed E-state index contributed by atoms with van der Waals surface area (Å²) in [7, 11) is 2.07. The Morgan fingerprint density at radius 2 is 2.00 bits per heavy atom. The van der Waals surface area contributed by atoms with Crippen LogP contribution in [0, 0.1) is 0 Å². The molecule has 0 saturated carbocycles. The van der Waals surface area contributed by atoms with Gasteiger partial charge in [-0.05, 0) is 24.2 Å². The minimum Gasteiger partial charge on any atom is -0.393 e. The summed E-state index contributed by atoms with van der Waals surface area (Å²) in [6, 6.07) is 14.2. The third-order valence-corrected chi connectivity index (χ3v) is 3.50. The van der Waals surface area contributed by atoms with Gasteiger partial charge in [-0.1, -0.05) is 48.6 Å². The van der Waals surface area contributed by atoms with Crippen LogP contribution < -0.4 is 5.73 Å². The third kappa shape index (κ3) is 4.11. The molecular formula is C16H19N3S. The maximum atomic E-state index is 5.90. The molecule has 0 aliphatic rings. The van der Waals surface area contributed by atoms with E-state index in [9.17, 15) is 0 Å². The summed E-state index contributed by atoms with van der Waals surface area (Å²) in [4.78, 5) is 6.89.